The highest BCUT2D eigenvalue weighted by Gasteiger charge is 2.41. The Morgan fingerprint density at radius 2 is 1.67 bits per heavy atom. The zero-order valence-electron chi connectivity index (χ0n) is 7.04. The molecule has 1 saturated heterocycles. The zero-order chi connectivity index (χ0) is 9.30. The van der Waals surface area contributed by atoms with Crippen LogP contribution >= 0.6 is 0 Å². The second-order valence-corrected chi connectivity index (χ2v) is 2.92. The van der Waals surface area contributed by atoms with E-state index in [1.54, 1.807) is 6.92 Å². The highest BCUT2D eigenvalue weighted by Crippen LogP contribution is 2.20. The first-order valence-electron chi connectivity index (χ1n) is 3.80. The standard InChI is InChI=1S/C7H14O5/c1-3-4(8)5(9)6(10)7(11-2)12-3/h3-10H,1-2H3/t3?,4-,5-,6-,7-/m0/s1. The number of rotatable bonds is 1. The molecule has 1 aliphatic rings. The molecule has 0 aromatic rings. The van der Waals surface area contributed by atoms with E-state index in [2.05, 4.69) is 0 Å². The van der Waals surface area contributed by atoms with Gasteiger partial charge in [0, 0.05) is 7.11 Å². The fourth-order valence-electron chi connectivity index (χ4n) is 1.21. The molecule has 0 spiro atoms. The molecule has 3 N–H and O–H groups in total. The minimum absolute atomic E-state index is 0.534. The zero-order valence-corrected chi connectivity index (χ0v) is 7.04. The van der Waals surface area contributed by atoms with Crippen molar-refractivity contribution in [3.8, 4) is 0 Å². The Labute approximate surface area is 70.5 Å². The number of hydrogen-bond donors (Lipinski definition) is 3. The normalized spacial score (nSPS) is 49.2. The lowest BCUT2D eigenvalue weighted by atomic mass is 10.0. The summed E-state index contributed by atoms with van der Waals surface area (Å²) in [6, 6.07) is 0. The molecule has 1 aliphatic heterocycles. The van der Waals surface area contributed by atoms with Crippen LogP contribution in [0.2, 0.25) is 0 Å². The van der Waals surface area contributed by atoms with Gasteiger partial charge in [-0.1, -0.05) is 0 Å². The predicted molar refractivity (Wildman–Crippen MR) is 39.4 cm³/mol. The summed E-state index contributed by atoms with van der Waals surface area (Å²) in [5, 5.41) is 27.8. The third kappa shape index (κ3) is 1.60. The maximum Gasteiger partial charge on any atom is 0.186 e. The van der Waals surface area contributed by atoms with Gasteiger partial charge in [0.1, 0.15) is 18.3 Å². The SMILES string of the molecule is CO[C@H]1OC(C)[C@H](O)[C@H](O)[C@@H]1O. The Kier molecular flexibility index (Phi) is 3.03. The molecule has 0 aliphatic carbocycles. The van der Waals surface area contributed by atoms with E-state index in [9.17, 15) is 15.3 Å². The molecule has 5 heteroatoms. The first-order chi connectivity index (χ1) is 5.57. The van der Waals surface area contributed by atoms with E-state index in [1.165, 1.54) is 7.11 Å². The Morgan fingerprint density at radius 3 is 2.17 bits per heavy atom. The largest absolute Gasteiger partial charge is 0.388 e. The summed E-state index contributed by atoms with van der Waals surface area (Å²) in [4.78, 5) is 0. The van der Waals surface area contributed by atoms with Gasteiger partial charge in [-0.15, -0.1) is 0 Å². The van der Waals surface area contributed by atoms with E-state index in [-0.39, 0.29) is 0 Å². The summed E-state index contributed by atoms with van der Waals surface area (Å²) in [7, 11) is 1.37. The fourth-order valence-corrected chi connectivity index (χ4v) is 1.21. The lowest BCUT2D eigenvalue weighted by molar-refractivity contribution is -0.286. The van der Waals surface area contributed by atoms with Crippen LogP contribution < -0.4 is 0 Å². The summed E-state index contributed by atoms with van der Waals surface area (Å²) in [5.74, 6) is 0. The average molecular weight is 178 g/mol. The molecular weight excluding hydrogens is 164 g/mol. The summed E-state index contributed by atoms with van der Waals surface area (Å²) in [6.07, 6.45) is -4.86. The third-order valence-corrected chi connectivity index (χ3v) is 2.04. The lowest BCUT2D eigenvalue weighted by Crippen LogP contribution is -2.57. The molecule has 0 aromatic carbocycles. The van der Waals surface area contributed by atoms with Crippen molar-refractivity contribution in [2.45, 2.75) is 37.6 Å². The van der Waals surface area contributed by atoms with Crippen LogP contribution in [-0.2, 0) is 9.47 Å². The van der Waals surface area contributed by atoms with E-state index in [0.29, 0.717) is 0 Å². The van der Waals surface area contributed by atoms with E-state index in [1.807, 2.05) is 0 Å². The Bertz CT molecular complexity index is 146. The molecule has 0 saturated carbocycles. The highest BCUT2D eigenvalue weighted by molar-refractivity contribution is 4.86. The minimum Gasteiger partial charge on any atom is -0.388 e. The monoisotopic (exact) mass is 178 g/mol. The lowest BCUT2D eigenvalue weighted by Gasteiger charge is -2.38. The quantitative estimate of drug-likeness (QED) is 0.453. The number of aliphatic hydroxyl groups is 3. The average Bonchev–Trinajstić information content (AvgIpc) is 2.08. The van der Waals surface area contributed by atoms with E-state index >= 15 is 0 Å². The molecule has 1 rings (SSSR count). The van der Waals surface area contributed by atoms with Gasteiger partial charge >= 0.3 is 0 Å². The molecule has 72 valence electrons. The summed E-state index contributed by atoms with van der Waals surface area (Å²) in [6.45, 7) is 1.60. The van der Waals surface area contributed by atoms with Gasteiger partial charge in [0.25, 0.3) is 0 Å². The van der Waals surface area contributed by atoms with E-state index < -0.39 is 30.7 Å². The van der Waals surface area contributed by atoms with Crippen molar-refractivity contribution in [3.63, 3.8) is 0 Å². The van der Waals surface area contributed by atoms with Crippen molar-refractivity contribution in [1.82, 2.24) is 0 Å². The second kappa shape index (κ2) is 3.68. The van der Waals surface area contributed by atoms with Crippen molar-refractivity contribution in [3.05, 3.63) is 0 Å². The van der Waals surface area contributed by atoms with Gasteiger partial charge in [0.15, 0.2) is 6.29 Å². The third-order valence-electron chi connectivity index (χ3n) is 2.04. The van der Waals surface area contributed by atoms with Gasteiger partial charge < -0.3 is 24.8 Å². The number of aliphatic hydroxyl groups excluding tert-OH is 3. The van der Waals surface area contributed by atoms with Crippen LogP contribution in [0.3, 0.4) is 0 Å². The van der Waals surface area contributed by atoms with Gasteiger partial charge in [-0.2, -0.15) is 0 Å². The van der Waals surface area contributed by atoms with Crippen LogP contribution in [0, 0.1) is 0 Å². The van der Waals surface area contributed by atoms with Crippen molar-refractivity contribution in [1.29, 1.82) is 0 Å². The van der Waals surface area contributed by atoms with Crippen LogP contribution in [0.1, 0.15) is 6.92 Å². The first-order valence-corrected chi connectivity index (χ1v) is 3.80. The Morgan fingerprint density at radius 1 is 1.08 bits per heavy atom. The van der Waals surface area contributed by atoms with Crippen molar-refractivity contribution in [2.75, 3.05) is 7.11 Å². The Hall–Kier alpha value is -0.200. The fraction of sp³-hybridized carbons (Fsp3) is 1.00. The molecule has 1 heterocycles. The summed E-state index contributed by atoms with van der Waals surface area (Å²) in [5.41, 5.74) is 0. The van der Waals surface area contributed by atoms with Crippen LogP contribution in [0.5, 0.6) is 0 Å². The van der Waals surface area contributed by atoms with Crippen molar-refractivity contribution >= 4 is 0 Å². The first kappa shape index (κ1) is 9.88. The van der Waals surface area contributed by atoms with Gasteiger partial charge in [-0.05, 0) is 6.92 Å². The minimum atomic E-state index is -1.21. The highest BCUT2D eigenvalue weighted by atomic mass is 16.7. The molecule has 0 bridgehead atoms. The molecule has 5 atom stereocenters. The van der Waals surface area contributed by atoms with E-state index in [4.69, 9.17) is 9.47 Å². The number of ether oxygens (including phenoxy) is 2. The molecule has 5 nitrogen and oxygen atoms in total. The Balaban J connectivity index is 2.63. The molecule has 0 amide bonds. The molecular formula is C7H14O5. The summed E-state index contributed by atoms with van der Waals surface area (Å²) >= 11 is 0. The van der Waals surface area contributed by atoms with Crippen molar-refractivity contribution < 1.29 is 24.8 Å². The molecule has 1 fully saturated rings. The van der Waals surface area contributed by atoms with Gasteiger partial charge in [-0.25, -0.2) is 0 Å². The topological polar surface area (TPSA) is 79.2 Å². The molecule has 1 unspecified atom stereocenters. The predicted octanol–water partition coefficient (Wildman–Crippen LogP) is -1.54. The van der Waals surface area contributed by atoms with Crippen LogP contribution in [0.25, 0.3) is 0 Å². The maximum absolute atomic E-state index is 9.27. The number of hydrogen-bond acceptors (Lipinski definition) is 5. The van der Waals surface area contributed by atoms with Gasteiger partial charge in [0.2, 0.25) is 0 Å². The van der Waals surface area contributed by atoms with Crippen molar-refractivity contribution in [2.24, 2.45) is 0 Å². The molecule has 12 heavy (non-hydrogen) atoms. The van der Waals surface area contributed by atoms with Crippen LogP contribution in [-0.4, -0.2) is 53.1 Å². The molecule has 0 aromatic heterocycles. The molecule has 0 radical (unpaired) electrons. The maximum atomic E-state index is 9.27. The summed E-state index contributed by atoms with van der Waals surface area (Å²) < 4.78 is 9.80. The van der Waals surface area contributed by atoms with Crippen LogP contribution in [0.4, 0.5) is 0 Å². The van der Waals surface area contributed by atoms with Crippen LogP contribution in [0.15, 0.2) is 0 Å². The smallest absolute Gasteiger partial charge is 0.186 e. The van der Waals surface area contributed by atoms with Gasteiger partial charge in [0.05, 0.1) is 6.10 Å². The van der Waals surface area contributed by atoms with E-state index in [0.717, 1.165) is 0 Å². The number of methoxy groups -OCH3 is 1. The van der Waals surface area contributed by atoms with Gasteiger partial charge in [-0.3, -0.25) is 0 Å². The second-order valence-electron chi connectivity index (χ2n) is 2.92.